The second-order valence-corrected chi connectivity index (χ2v) is 3.92. The Morgan fingerprint density at radius 3 is 2.56 bits per heavy atom. The molecule has 0 saturated heterocycles. The average Bonchev–Trinajstić information content (AvgIpc) is 2.69. The number of nitrogens with one attached hydrogen (secondary N) is 1. The molecule has 0 fully saturated rings. The van der Waals surface area contributed by atoms with Gasteiger partial charge in [0.05, 0.1) is 11.2 Å². The molecule has 0 spiro atoms. The molecular weight excluding hydrogens is 235 g/mol. The third kappa shape index (κ3) is 1.48. The monoisotopic (exact) mass is 244 g/mol. The van der Waals surface area contributed by atoms with Gasteiger partial charge in [-0.3, -0.25) is 4.57 Å². The summed E-state index contributed by atoms with van der Waals surface area (Å²) in [6, 6.07) is 10.6. The lowest BCUT2D eigenvalue weighted by Crippen LogP contribution is -2.14. The van der Waals surface area contributed by atoms with Crippen molar-refractivity contribution in [3.63, 3.8) is 0 Å². The Labute approximate surface area is 101 Å². The van der Waals surface area contributed by atoms with E-state index in [1.165, 1.54) is 22.8 Å². The maximum Gasteiger partial charge on any atom is 0.331 e. The number of rotatable bonds is 1. The number of hydrogen-bond donors (Lipinski definition) is 2. The second-order valence-electron chi connectivity index (χ2n) is 3.92. The van der Waals surface area contributed by atoms with Crippen LogP contribution in [0, 0.1) is 5.82 Å². The number of benzene rings is 2. The van der Waals surface area contributed by atoms with Crippen molar-refractivity contribution in [2.45, 2.75) is 0 Å². The van der Waals surface area contributed by atoms with Crippen molar-refractivity contribution in [1.29, 1.82) is 0 Å². The van der Waals surface area contributed by atoms with Crippen molar-refractivity contribution in [2.75, 3.05) is 0 Å². The molecule has 4 nitrogen and oxygen atoms in total. The molecule has 0 atom stereocenters. The van der Waals surface area contributed by atoms with Crippen molar-refractivity contribution in [3.05, 3.63) is 58.8 Å². The zero-order valence-electron chi connectivity index (χ0n) is 9.22. The summed E-state index contributed by atoms with van der Waals surface area (Å²) in [7, 11) is 0. The molecule has 2 aromatic carbocycles. The van der Waals surface area contributed by atoms with Gasteiger partial charge >= 0.3 is 5.69 Å². The molecule has 18 heavy (non-hydrogen) atoms. The van der Waals surface area contributed by atoms with Gasteiger partial charge in [-0.25, -0.2) is 9.18 Å². The Morgan fingerprint density at radius 2 is 1.83 bits per heavy atom. The number of aromatic nitrogens is 2. The first-order valence-corrected chi connectivity index (χ1v) is 5.35. The van der Waals surface area contributed by atoms with Gasteiger partial charge in [-0.1, -0.05) is 6.07 Å². The predicted octanol–water partition coefficient (Wildman–Crippen LogP) is 2.16. The molecule has 1 heterocycles. The van der Waals surface area contributed by atoms with Crippen LogP contribution in [0.25, 0.3) is 16.7 Å². The number of fused-ring (bicyclic) bond motifs is 1. The first kappa shape index (κ1) is 10.6. The summed E-state index contributed by atoms with van der Waals surface area (Å²) in [4.78, 5) is 14.3. The Balaban J connectivity index is 2.35. The van der Waals surface area contributed by atoms with Crippen LogP contribution in [0.15, 0.2) is 47.3 Å². The van der Waals surface area contributed by atoms with Crippen molar-refractivity contribution in [3.8, 4) is 11.4 Å². The van der Waals surface area contributed by atoms with Crippen LogP contribution < -0.4 is 5.69 Å². The van der Waals surface area contributed by atoms with Crippen LogP contribution in [-0.4, -0.2) is 14.7 Å². The van der Waals surface area contributed by atoms with Gasteiger partial charge in [0, 0.05) is 0 Å². The topological polar surface area (TPSA) is 58.0 Å². The Kier molecular flexibility index (Phi) is 2.19. The van der Waals surface area contributed by atoms with E-state index < -0.39 is 11.5 Å². The molecule has 2 N–H and O–H groups in total. The average molecular weight is 244 g/mol. The van der Waals surface area contributed by atoms with E-state index in [-0.39, 0.29) is 11.3 Å². The minimum Gasteiger partial charge on any atom is -0.508 e. The molecule has 0 amide bonds. The van der Waals surface area contributed by atoms with Crippen molar-refractivity contribution >= 4 is 11.0 Å². The molecule has 0 bridgehead atoms. The van der Waals surface area contributed by atoms with Crippen LogP contribution in [0.2, 0.25) is 0 Å². The van der Waals surface area contributed by atoms with Gasteiger partial charge in [0.1, 0.15) is 17.1 Å². The summed E-state index contributed by atoms with van der Waals surface area (Å²) in [5.74, 6) is -0.361. The first-order chi connectivity index (χ1) is 8.66. The first-order valence-electron chi connectivity index (χ1n) is 5.35. The number of aromatic hydroxyl groups is 1. The number of aromatic amines is 1. The molecule has 0 saturated carbocycles. The van der Waals surface area contributed by atoms with Crippen molar-refractivity contribution < 1.29 is 9.50 Å². The van der Waals surface area contributed by atoms with Gasteiger partial charge in [-0.05, 0) is 36.4 Å². The van der Waals surface area contributed by atoms with Crippen LogP contribution in [0.1, 0.15) is 0 Å². The normalized spacial score (nSPS) is 10.9. The van der Waals surface area contributed by atoms with E-state index in [2.05, 4.69) is 4.98 Å². The number of hydrogen-bond acceptors (Lipinski definition) is 2. The number of H-pyrrole nitrogens is 1. The lowest BCUT2D eigenvalue weighted by molar-refractivity contribution is 0.475. The standard InChI is InChI=1S/C13H9FN2O2/c14-10-2-1-3-11-12(10)15-13(18)16(11)8-4-6-9(17)7-5-8/h1-7,17H,(H,15,18). The van der Waals surface area contributed by atoms with Gasteiger partial charge < -0.3 is 10.1 Å². The highest BCUT2D eigenvalue weighted by molar-refractivity contribution is 5.77. The Bertz CT molecular complexity index is 772. The fraction of sp³-hybridized carbons (Fsp3) is 0. The summed E-state index contributed by atoms with van der Waals surface area (Å²) < 4.78 is 14.9. The molecule has 0 unspecified atom stereocenters. The summed E-state index contributed by atoms with van der Waals surface area (Å²) in [5.41, 5.74) is 0.789. The molecule has 5 heteroatoms. The van der Waals surface area contributed by atoms with E-state index >= 15 is 0 Å². The zero-order chi connectivity index (χ0) is 12.7. The molecule has 0 aliphatic rings. The van der Waals surface area contributed by atoms with Crippen LogP contribution in [0.4, 0.5) is 4.39 Å². The maximum atomic E-state index is 13.5. The van der Waals surface area contributed by atoms with E-state index in [0.717, 1.165) is 0 Å². The third-order valence-electron chi connectivity index (χ3n) is 2.78. The second kappa shape index (κ2) is 3.73. The number of para-hydroxylation sites is 1. The van der Waals surface area contributed by atoms with E-state index in [1.54, 1.807) is 24.3 Å². The number of phenols is 1. The van der Waals surface area contributed by atoms with Crippen LogP contribution in [0.5, 0.6) is 5.75 Å². The third-order valence-corrected chi connectivity index (χ3v) is 2.78. The highest BCUT2D eigenvalue weighted by Gasteiger charge is 2.11. The van der Waals surface area contributed by atoms with Gasteiger partial charge in [0.2, 0.25) is 0 Å². The smallest absolute Gasteiger partial charge is 0.331 e. The fourth-order valence-electron chi connectivity index (χ4n) is 1.95. The highest BCUT2D eigenvalue weighted by atomic mass is 19.1. The quantitative estimate of drug-likeness (QED) is 0.689. The molecule has 0 aliphatic carbocycles. The molecule has 3 aromatic rings. The number of nitrogens with zero attached hydrogens (tertiary/aromatic N) is 1. The summed E-state index contributed by atoms with van der Waals surface area (Å²) in [6.45, 7) is 0. The van der Waals surface area contributed by atoms with Crippen LogP contribution >= 0.6 is 0 Å². The molecule has 3 rings (SSSR count). The van der Waals surface area contributed by atoms with Crippen LogP contribution in [0.3, 0.4) is 0 Å². The van der Waals surface area contributed by atoms with Crippen LogP contribution in [-0.2, 0) is 0 Å². The largest absolute Gasteiger partial charge is 0.508 e. The lowest BCUT2D eigenvalue weighted by atomic mass is 10.2. The van der Waals surface area contributed by atoms with E-state index in [9.17, 15) is 14.3 Å². The minimum atomic E-state index is -0.470. The number of imidazole rings is 1. The van der Waals surface area contributed by atoms with Crippen molar-refractivity contribution in [1.82, 2.24) is 9.55 Å². The molecule has 0 aliphatic heterocycles. The molecular formula is C13H9FN2O2. The zero-order valence-corrected chi connectivity index (χ0v) is 9.22. The Morgan fingerprint density at radius 1 is 1.11 bits per heavy atom. The van der Waals surface area contributed by atoms with Gasteiger partial charge in [-0.15, -0.1) is 0 Å². The van der Waals surface area contributed by atoms with Gasteiger partial charge in [-0.2, -0.15) is 0 Å². The number of phenolic OH excluding ortho intramolecular Hbond substituents is 1. The van der Waals surface area contributed by atoms with E-state index in [1.807, 2.05) is 0 Å². The summed E-state index contributed by atoms with van der Waals surface area (Å²) in [6.07, 6.45) is 0. The Hall–Kier alpha value is -2.56. The fourth-order valence-corrected chi connectivity index (χ4v) is 1.95. The van der Waals surface area contributed by atoms with E-state index in [0.29, 0.717) is 11.2 Å². The van der Waals surface area contributed by atoms with E-state index in [4.69, 9.17) is 0 Å². The molecule has 1 aromatic heterocycles. The summed E-state index contributed by atoms with van der Waals surface area (Å²) in [5, 5.41) is 9.23. The van der Waals surface area contributed by atoms with Gasteiger partial charge in [0.15, 0.2) is 0 Å². The SMILES string of the molecule is O=c1[nH]c2c(F)cccc2n1-c1ccc(O)cc1. The van der Waals surface area contributed by atoms with Gasteiger partial charge in [0.25, 0.3) is 0 Å². The maximum absolute atomic E-state index is 13.5. The van der Waals surface area contributed by atoms with Crippen molar-refractivity contribution in [2.24, 2.45) is 0 Å². The number of halogens is 1. The summed E-state index contributed by atoms with van der Waals surface area (Å²) >= 11 is 0. The molecule has 0 radical (unpaired) electrons. The highest BCUT2D eigenvalue weighted by Crippen LogP contribution is 2.19. The molecule has 90 valence electrons. The lowest BCUT2D eigenvalue weighted by Gasteiger charge is -2.03. The minimum absolute atomic E-state index is 0.109. The predicted molar refractivity (Wildman–Crippen MR) is 65.5 cm³/mol.